The van der Waals surface area contributed by atoms with Crippen LogP contribution in [0.15, 0.2) is 18.2 Å². The molecule has 1 heterocycles. The Labute approximate surface area is 110 Å². The van der Waals surface area contributed by atoms with E-state index in [1.54, 1.807) is 0 Å². The van der Waals surface area contributed by atoms with Gasteiger partial charge in [0.1, 0.15) is 0 Å². The Morgan fingerprint density at radius 3 is 2.50 bits per heavy atom. The van der Waals surface area contributed by atoms with Crippen molar-refractivity contribution in [2.24, 2.45) is 5.92 Å². The third-order valence-corrected chi connectivity index (χ3v) is 4.56. The van der Waals surface area contributed by atoms with Gasteiger partial charge >= 0.3 is 0 Å². The molecule has 2 bridgehead atoms. The molecule has 0 aromatic heterocycles. The molecular weight excluding hydrogens is 222 g/mol. The van der Waals surface area contributed by atoms with Gasteiger partial charge in [-0.1, -0.05) is 29.3 Å². The number of rotatable bonds is 3. The topological polar surface area (TPSA) is 23.5 Å². The molecule has 1 aliphatic heterocycles. The monoisotopic (exact) mass is 245 g/mol. The molecule has 1 saturated heterocycles. The van der Waals surface area contributed by atoms with Crippen LogP contribution in [0.2, 0.25) is 0 Å². The Morgan fingerprint density at radius 2 is 1.94 bits per heavy atom. The highest BCUT2D eigenvalue weighted by Gasteiger charge is 2.38. The van der Waals surface area contributed by atoms with E-state index in [1.807, 2.05) is 0 Å². The molecule has 98 valence electrons. The van der Waals surface area contributed by atoms with Crippen LogP contribution in [0.3, 0.4) is 0 Å². The second kappa shape index (κ2) is 4.67. The predicted molar refractivity (Wildman–Crippen MR) is 73.6 cm³/mol. The first kappa shape index (κ1) is 12.2. The zero-order chi connectivity index (χ0) is 12.7. The first-order chi connectivity index (χ1) is 8.61. The zero-order valence-electron chi connectivity index (χ0n) is 11.4. The van der Waals surface area contributed by atoms with Crippen molar-refractivity contribution in [2.75, 3.05) is 13.1 Å². The lowest BCUT2D eigenvalue weighted by Crippen LogP contribution is -2.35. The van der Waals surface area contributed by atoms with Crippen LogP contribution in [0.1, 0.15) is 42.1 Å². The Bertz CT molecular complexity index is 422. The van der Waals surface area contributed by atoms with Crippen LogP contribution in [0.4, 0.5) is 0 Å². The summed E-state index contributed by atoms with van der Waals surface area (Å²) in [6.07, 6.45) is 3.77. The quantitative estimate of drug-likeness (QED) is 0.885. The van der Waals surface area contributed by atoms with E-state index in [4.69, 9.17) is 0 Å². The Hall–Kier alpha value is -0.860. The van der Waals surface area contributed by atoms with E-state index in [0.29, 0.717) is 0 Å². The molecule has 0 amide bonds. The summed E-state index contributed by atoms with van der Waals surface area (Å²) in [5, 5.41) is 10.4. The van der Waals surface area contributed by atoms with Gasteiger partial charge in [0.25, 0.3) is 0 Å². The second-order valence-electron chi connectivity index (χ2n) is 6.22. The zero-order valence-corrected chi connectivity index (χ0v) is 11.4. The summed E-state index contributed by atoms with van der Waals surface area (Å²) >= 11 is 0. The van der Waals surface area contributed by atoms with E-state index in [0.717, 1.165) is 24.1 Å². The van der Waals surface area contributed by atoms with Gasteiger partial charge < -0.3 is 5.11 Å². The van der Waals surface area contributed by atoms with Gasteiger partial charge in [0.05, 0.1) is 6.10 Å². The lowest BCUT2D eigenvalue weighted by atomic mass is 10.0. The molecule has 2 aliphatic rings. The molecule has 1 N–H and O–H groups in total. The molecule has 1 saturated carbocycles. The SMILES string of the molecule is Cc1cc(C)cc(C(O)CN2CC3CCC2C3)c1. The predicted octanol–water partition coefficient (Wildman–Crippen LogP) is 2.82. The largest absolute Gasteiger partial charge is 0.387 e. The van der Waals surface area contributed by atoms with E-state index in [9.17, 15) is 5.11 Å². The molecule has 0 spiro atoms. The van der Waals surface area contributed by atoms with E-state index < -0.39 is 0 Å². The molecule has 2 nitrogen and oxygen atoms in total. The lowest BCUT2D eigenvalue weighted by Gasteiger charge is -2.29. The molecule has 2 heteroatoms. The molecular formula is C16H23NO. The highest BCUT2D eigenvalue weighted by Crippen LogP contribution is 2.38. The number of hydrogen-bond acceptors (Lipinski definition) is 2. The summed E-state index contributed by atoms with van der Waals surface area (Å²) < 4.78 is 0. The number of likely N-dealkylation sites (tertiary alicyclic amines) is 1. The van der Waals surface area contributed by atoms with Crippen molar-refractivity contribution in [1.29, 1.82) is 0 Å². The van der Waals surface area contributed by atoms with Crippen LogP contribution >= 0.6 is 0 Å². The Balaban J connectivity index is 1.69. The molecule has 3 rings (SSSR count). The van der Waals surface area contributed by atoms with E-state index in [-0.39, 0.29) is 6.10 Å². The number of fused-ring (bicyclic) bond motifs is 2. The maximum atomic E-state index is 10.4. The van der Waals surface area contributed by atoms with Crippen LogP contribution in [0.25, 0.3) is 0 Å². The maximum Gasteiger partial charge on any atom is 0.0917 e. The van der Waals surface area contributed by atoms with Gasteiger partial charge in [0.15, 0.2) is 0 Å². The van der Waals surface area contributed by atoms with Crippen molar-refractivity contribution in [2.45, 2.75) is 45.3 Å². The van der Waals surface area contributed by atoms with Crippen molar-refractivity contribution in [3.05, 3.63) is 34.9 Å². The Kier molecular flexibility index (Phi) is 3.16. The first-order valence-corrected chi connectivity index (χ1v) is 7.12. The number of benzene rings is 1. The number of aryl methyl sites for hydroxylation is 2. The van der Waals surface area contributed by atoms with Crippen LogP contribution in [0, 0.1) is 19.8 Å². The summed E-state index contributed by atoms with van der Waals surface area (Å²) in [6.45, 7) is 6.21. The summed E-state index contributed by atoms with van der Waals surface area (Å²) in [5.74, 6) is 0.904. The van der Waals surface area contributed by atoms with Crippen molar-refractivity contribution in [3.63, 3.8) is 0 Å². The van der Waals surface area contributed by atoms with Gasteiger partial charge in [0.2, 0.25) is 0 Å². The third-order valence-electron chi connectivity index (χ3n) is 4.56. The standard InChI is InChI=1S/C16H23NO/c1-11-5-12(2)7-14(6-11)16(18)10-17-9-13-3-4-15(17)8-13/h5-7,13,15-16,18H,3-4,8-10H2,1-2H3. The molecule has 1 aliphatic carbocycles. The number of aliphatic hydroxyl groups is 1. The molecule has 1 aromatic rings. The normalized spacial score (nSPS) is 28.8. The van der Waals surface area contributed by atoms with Gasteiger partial charge in [-0.05, 0) is 44.6 Å². The summed E-state index contributed by atoms with van der Waals surface area (Å²) in [5.41, 5.74) is 3.56. The number of hydrogen-bond donors (Lipinski definition) is 1. The minimum Gasteiger partial charge on any atom is -0.387 e. The highest BCUT2D eigenvalue weighted by atomic mass is 16.3. The van der Waals surface area contributed by atoms with Crippen molar-refractivity contribution < 1.29 is 5.11 Å². The molecule has 3 unspecified atom stereocenters. The van der Waals surface area contributed by atoms with Crippen molar-refractivity contribution in [1.82, 2.24) is 4.90 Å². The minimum atomic E-state index is -0.331. The molecule has 18 heavy (non-hydrogen) atoms. The van der Waals surface area contributed by atoms with Gasteiger partial charge in [-0.2, -0.15) is 0 Å². The van der Waals surface area contributed by atoms with Crippen LogP contribution < -0.4 is 0 Å². The molecule has 3 atom stereocenters. The number of nitrogens with zero attached hydrogens (tertiary/aromatic N) is 1. The van der Waals surface area contributed by atoms with Crippen molar-refractivity contribution >= 4 is 0 Å². The molecule has 0 radical (unpaired) electrons. The average molecular weight is 245 g/mol. The van der Waals surface area contributed by atoms with Gasteiger partial charge in [0, 0.05) is 19.1 Å². The number of aliphatic hydroxyl groups excluding tert-OH is 1. The molecule has 1 aromatic carbocycles. The van der Waals surface area contributed by atoms with Gasteiger partial charge in [-0.15, -0.1) is 0 Å². The summed E-state index contributed by atoms with van der Waals surface area (Å²) in [6, 6.07) is 7.14. The maximum absolute atomic E-state index is 10.4. The number of piperidine rings is 1. The third kappa shape index (κ3) is 2.32. The van der Waals surface area contributed by atoms with Crippen molar-refractivity contribution in [3.8, 4) is 0 Å². The van der Waals surface area contributed by atoms with Crippen LogP contribution in [-0.2, 0) is 0 Å². The lowest BCUT2D eigenvalue weighted by molar-refractivity contribution is 0.0946. The number of β-amino-alcohol motifs (C(OH)–C–C–N with tert-alkyl or cyclic N) is 1. The fraction of sp³-hybridized carbons (Fsp3) is 0.625. The Morgan fingerprint density at radius 1 is 1.22 bits per heavy atom. The summed E-state index contributed by atoms with van der Waals surface area (Å²) in [4.78, 5) is 2.50. The van der Waals surface area contributed by atoms with Gasteiger partial charge in [-0.25, -0.2) is 0 Å². The van der Waals surface area contributed by atoms with Crippen LogP contribution in [0.5, 0.6) is 0 Å². The van der Waals surface area contributed by atoms with E-state index in [1.165, 1.54) is 36.9 Å². The fourth-order valence-electron chi connectivity index (χ4n) is 3.78. The fourth-order valence-corrected chi connectivity index (χ4v) is 3.78. The minimum absolute atomic E-state index is 0.331. The van der Waals surface area contributed by atoms with Gasteiger partial charge in [-0.3, -0.25) is 4.90 Å². The first-order valence-electron chi connectivity index (χ1n) is 7.12. The van der Waals surface area contributed by atoms with E-state index >= 15 is 0 Å². The highest BCUT2D eigenvalue weighted by molar-refractivity contribution is 5.30. The van der Waals surface area contributed by atoms with E-state index in [2.05, 4.69) is 36.9 Å². The molecule has 2 fully saturated rings. The van der Waals surface area contributed by atoms with Crippen LogP contribution in [-0.4, -0.2) is 29.1 Å². The average Bonchev–Trinajstić information content (AvgIpc) is 2.89. The summed E-state index contributed by atoms with van der Waals surface area (Å²) in [7, 11) is 0. The smallest absolute Gasteiger partial charge is 0.0917 e. The second-order valence-corrected chi connectivity index (χ2v) is 6.22.